The van der Waals surface area contributed by atoms with Crippen molar-refractivity contribution in [1.82, 2.24) is 19.9 Å². The molecule has 3 aromatic rings. The lowest BCUT2D eigenvalue weighted by atomic mass is 9.78. The molecule has 134 valence electrons. The molecule has 0 bridgehead atoms. The maximum absolute atomic E-state index is 13.3. The van der Waals surface area contributed by atoms with Crippen LogP contribution in [0.15, 0.2) is 48.7 Å². The second-order valence-electron chi connectivity index (χ2n) is 6.98. The number of pyridine rings is 1. The molecular formula is C20H21ClN4O. The Balaban J connectivity index is 1.62. The highest BCUT2D eigenvalue weighted by Crippen LogP contribution is 2.42. The van der Waals surface area contributed by atoms with E-state index in [1.165, 1.54) is 0 Å². The summed E-state index contributed by atoms with van der Waals surface area (Å²) in [7, 11) is 0. The van der Waals surface area contributed by atoms with Crippen LogP contribution in [0.4, 0.5) is 0 Å². The Morgan fingerprint density at radius 3 is 2.62 bits per heavy atom. The number of amides is 1. The van der Waals surface area contributed by atoms with E-state index in [-0.39, 0.29) is 11.9 Å². The van der Waals surface area contributed by atoms with Gasteiger partial charge in [-0.2, -0.15) is 0 Å². The Hall–Kier alpha value is -2.40. The molecule has 1 amide bonds. The fourth-order valence-corrected chi connectivity index (χ4v) is 4.07. The van der Waals surface area contributed by atoms with Gasteiger partial charge in [0.2, 0.25) is 5.91 Å². The molecule has 0 spiro atoms. The topological polar surface area (TPSA) is 59.3 Å². The first-order chi connectivity index (χ1) is 12.6. The third-order valence-corrected chi connectivity index (χ3v) is 5.62. The number of aromatic nitrogens is 3. The number of fused-ring (bicyclic) bond motifs is 1. The number of carbonyl (C=O) groups excluding carboxylic acids is 1. The van der Waals surface area contributed by atoms with Crippen LogP contribution in [-0.2, 0) is 10.2 Å². The van der Waals surface area contributed by atoms with E-state index < -0.39 is 5.41 Å². The highest BCUT2D eigenvalue weighted by Gasteiger charge is 2.43. The molecule has 1 atom stereocenters. The minimum atomic E-state index is -0.487. The van der Waals surface area contributed by atoms with Crippen LogP contribution in [0.3, 0.4) is 0 Å². The zero-order valence-corrected chi connectivity index (χ0v) is 15.4. The van der Waals surface area contributed by atoms with Crippen molar-refractivity contribution >= 4 is 23.2 Å². The van der Waals surface area contributed by atoms with Crippen LogP contribution in [0.2, 0.25) is 5.02 Å². The van der Waals surface area contributed by atoms with Crippen molar-refractivity contribution in [1.29, 1.82) is 0 Å². The zero-order chi connectivity index (χ0) is 18.1. The van der Waals surface area contributed by atoms with Crippen LogP contribution < -0.4 is 5.32 Å². The van der Waals surface area contributed by atoms with Gasteiger partial charge in [-0.05, 0) is 49.6 Å². The van der Waals surface area contributed by atoms with Gasteiger partial charge in [-0.15, -0.1) is 10.2 Å². The van der Waals surface area contributed by atoms with E-state index in [9.17, 15) is 4.79 Å². The third kappa shape index (κ3) is 2.86. The maximum atomic E-state index is 13.3. The lowest BCUT2D eigenvalue weighted by Crippen LogP contribution is -2.43. The Kier molecular flexibility index (Phi) is 4.41. The normalized spacial score (nSPS) is 17.3. The van der Waals surface area contributed by atoms with Gasteiger partial charge in [0.15, 0.2) is 11.5 Å². The molecule has 4 rings (SSSR count). The molecule has 0 saturated heterocycles. The average Bonchev–Trinajstić information content (AvgIpc) is 3.30. The molecule has 0 unspecified atom stereocenters. The van der Waals surface area contributed by atoms with Crippen LogP contribution in [0.1, 0.15) is 50.0 Å². The van der Waals surface area contributed by atoms with Crippen molar-refractivity contribution in [2.45, 2.75) is 44.1 Å². The van der Waals surface area contributed by atoms with Crippen molar-refractivity contribution in [3.63, 3.8) is 0 Å². The van der Waals surface area contributed by atoms with Gasteiger partial charge < -0.3 is 5.32 Å². The molecule has 1 aliphatic carbocycles. The molecule has 0 radical (unpaired) electrons. The largest absolute Gasteiger partial charge is 0.346 e. The molecule has 1 saturated carbocycles. The molecule has 26 heavy (non-hydrogen) atoms. The third-order valence-electron chi connectivity index (χ3n) is 5.36. The molecule has 5 nitrogen and oxygen atoms in total. The summed E-state index contributed by atoms with van der Waals surface area (Å²) in [4.78, 5) is 13.3. The molecule has 0 aliphatic heterocycles. The zero-order valence-electron chi connectivity index (χ0n) is 14.7. The van der Waals surface area contributed by atoms with Gasteiger partial charge in [-0.1, -0.05) is 42.6 Å². The van der Waals surface area contributed by atoms with Crippen LogP contribution in [0, 0.1) is 0 Å². The molecule has 6 heteroatoms. The standard InChI is InChI=1S/C20H21ClN4O/c1-14(18-24-23-17-6-2-5-13-25(17)18)22-19(26)20(11-3-4-12-20)15-7-9-16(21)10-8-15/h2,5-10,13-14H,3-4,11-12H2,1H3,(H,22,26)/t14-/m1/s1. The van der Waals surface area contributed by atoms with Gasteiger partial charge in [0.05, 0.1) is 11.5 Å². The quantitative estimate of drug-likeness (QED) is 0.755. The SMILES string of the molecule is C[C@@H](NC(=O)C1(c2ccc(Cl)cc2)CCCC1)c1nnc2ccccn12. The predicted molar refractivity (Wildman–Crippen MR) is 101 cm³/mol. The van der Waals surface area contributed by atoms with E-state index in [0.717, 1.165) is 42.7 Å². The maximum Gasteiger partial charge on any atom is 0.231 e. The molecule has 1 fully saturated rings. The molecule has 1 aromatic carbocycles. The van der Waals surface area contributed by atoms with Crippen molar-refractivity contribution in [2.24, 2.45) is 0 Å². The number of carbonyl (C=O) groups is 1. The first-order valence-corrected chi connectivity index (χ1v) is 9.35. The number of halogens is 1. The van der Waals surface area contributed by atoms with E-state index in [0.29, 0.717) is 5.02 Å². The molecule has 1 N–H and O–H groups in total. The summed E-state index contributed by atoms with van der Waals surface area (Å²) in [5, 5.41) is 12.3. The van der Waals surface area contributed by atoms with Crippen molar-refractivity contribution in [2.75, 3.05) is 0 Å². The summed E-state index contributed by atoms with van der Waals surface area (Å²) in [6, 6.07) is 13.2. The van der Waals surface area contributed by atoms with Gasteiger partial charge in [-0.3, -0.25) is 9.20 Å². The lowest BCUT2D eigenvalue weighted by Gasteiger charge is -2.29. The number of nitrogens with one attached hydrogen (secondary N) is 1. The van der Waals surface area contributed by atoms with Crippen molar-refractivity contribution in [3.8, 4) is 0 Å². The summed E-state index contributed by atoms with van der Waals surface area (Å²) < 4.78 is 1.91. The molecule has 1 aliphatic rings. The smallest absolute Gasteiger partial charge is 0.231 e. The van der Waals surface area contributed by atoms with Gasteiger partial charge in [0, 0.05) is 11.2 Å². The number of benzene rings is 1. The summed E-state index contributed by atoms with van der Waals surface area (Å²) in [6.07, 6.45) is 5.73. The number of hydrogen-bond donors (Lipinski definition) is 1. The monoisotopic (exact) mass is 368 g/mol. The first kappa shape index (κ1) is 17.0. The fraction of sp³-hybridized carbons (Fsp3) is 0.350. The van der Waals surface area contributed by atoms with Gasteiger partial charge in [0.1, 0.15) is 0 Å². The Bertz CT molecular complexity index is 928. The summed E-state index contributed by atoms with van der Waals surface area (Å²) >= 11 is 6.03. The van der Waals surface area contributed by atoms with Gasteiger partial charge >= 0.3 is 0 Å². The van der Waals surface area contributed by atoms with E-state index in [2.05, 4.69) is 15.5 Å². The van der Waals surface area contributed by atoms with Crippen molar-refractivity contribution in [3.05, 3.63) is 65.1 Å². The Labute approximate surface area is 157 Å². The summed E-state index contributed by atoms with van der Waals surface area (Å²) in [6.45, 7) is 1.95. The van der Waals surface area contributed by atoms with Crippen LogP contribution >= 0.6 is 11.6 Å². The molecule has 2 aromatic heterocycles. The minimum absolute atomic E-state index is 0.0532. The van der Waals surface area contributed by atoms with Crippen LogP contribution in [0.5, 0.6) is 0 Å². The lowest BCUT2D eigenvalue weighted by molar-refractivity contribution is -0.127. The Morgan fingerprint density at radius 2 is 1.88 bits per heavy atom. The Morgan fingerprint density at radius 1 is 1.15 bits per heavy atom. The number of rotatable bonds is 4. The van der Waals surface area contributed by atoms with Gasteiger partial charge in [-0.25, -0.2) is 0 Å². The van der Waals surface area contributed by atoms with Gasteiger partial charge in [0.25, 0.3) is 0 Å². The second kappa shape index (κ2) is 6.72. The minimum Gasteiger partial charge on any atom is -0.346 e. The second-order valence-corrected chi connectivity index (χ2v) is 7.41. The summed E-state index contributed by atoms with van der Waals surface area (Å²) in [5.74, 6) is 0.788. The van der Waals surface area contributed by atoms with E-state index >= 15 is 0 Å². The highest BCUT2D eigenvalue weighted by molar-refractivity contribution is 6.30. The highest BCUT2D eigenvalue weighted by atomic mass is 35.5. The fourth-order valence-electron chi connectivity index (χ4n) is 3.95. The molecule has 2 heterocycles. The van der Waals surface area contributed by atoms with E-state index in [1.807, 2.05) is 60.0 Å². The predicted octanol–water partition coefficient (Wildman–Crippen LogP) is 4.07. The van der Waals surface area contributed by atoms with Crippen LogP contribution in [0.25, 0.3) is 5.65 Å². The molecular weight excluding hydrogens is 348 g/mol. The summed E-state index contributed by atoms with van der Waals surface area (Å²) in [5.41, 5.74) is 1.33. The number of nitrogens with zero attached hydrogens (tertiary/aromatic N) is 3. The van der Waals surface area contributed by atoms with Crippen molar-refractivity contribution < 1.29 is 4.79 Å². The average molecular weight is 369 g/mol. The van der Waals surface area contributed by atoms with E-state index in [4.69, 9.17) is 11.6 Å². The first-order valence-electron chi connectivity index (χ1n) is 8.97. The number of hydrogen-bond acceptors (Lipinski definition) is 3. The van der Waals surface area contributed by atoms with Crippen LogP contribution in [-0.4, -0.2) is 20.5 Å². The van der Waals surface area contributed by atoms with E-state index in [1.54, 1.807) is 0 Å².